The molecule has 1 aliphatic heterocycles. The summed E-state index contributed by atoms with van der Waals surface area (Å²) >= 11 is 0. The first-order valence-corrected chi connectivity index (χ1v) is 14.0. The topological polar surface area (TPSA) is 137 Å². The van der Waals surface area contributed by atoms with E-state index in [1.807, 2.05) is 30.3 Å². The molecule has 1 heterocycles. The summed E-state index contributed by atoms with van der Waals surface area (Å²) in [5.74, 6) is 0.491. The zero-order valence-electron chi connectivity index (χ0n) is 22.1. The second kappa shape index (κ2) is 12.9. The lowest BCUT2D eigenvalue weighted by atomic mass is 9.94. The number of sulfonamides is 1. The zero-order valence-corrected chi connectivity index (χ0v) is 22.9. The third-order valence-electron chi connectivity index (χ3n) is 6.73. The Morgan fingerprint density at radius 3 is 2.34 bits per heavy atom. The summed E-state index contributed by atoms with van der Waals surface area (Å²) in [6.45, 7) is 3.31. The molecule has 3 N–H and O–H groups in total. The fourth-order valence-electron chi connectivity index (χ4n) is 4.59. The Morgan fingerprint density at radius 1 is 1.16 bits per heavy atom. The van der Waals surface area contributed by atoms with E-state index >= 15 is 0 Å². The van der Waals surface area contributed by atoms with E-state index in [-0.39, 0.29) is 37.6 Å². The van der Waals surface area contributed by atoms with Gasteiger partial charge in [0.1, 0.15) is 5.75 Å². The first-order chi connectivity index (χ1) is 18.0. The van der Waals surface area contributed by atoms with Gasteiger partial charge in [-0.2, -0.15) is 4.31 Å². The minimum Gasteiger partial charge on any atom is -0.497 e. The van der Waals surface area contributed by atoms with Crippen molar-refractivity contribution in [3.05, 3.63) is 60.2 Å². The van der Waals surface area contributed by atoms with Gasteiger partial charge in [0.25, 0.3) is 0 Å². The van der Waals surface area contributed by atoms with Crippen LogP contribution in [0, 0.1) is 5.41 Å². The lowest BCUT2D eigenvalue weighted by Gasteiger charge is -2.39. The number of carboxylic acid groups (broad SMARTS) is 1. The number of carbonyl (C=O) groups is 1. The van der Waals surface area contributed by atoms with Crippen LogP contribution in [0.1, 0.15) is 25.8 Å². The van der Waals surface area contributed by atoms with Crippen LogP contribution in [0.3, 0.4) is 0 Å². The molecule has 3 atom stereocenters. The third kappa shape index (κ3) is 7.45. The molecule has 0 radical (unpaired) electrons. The normalized spacial score (nSPS) is 17.8. The Hall–Kier alpha value is -2.70. The molecule has 2 aromatic carbocycles. The van der Waals surface area contributed by atoms with E-state index in [1.54, 1.807) is 13.8 Å². The van der Waals surface area contributed by atoms with E-state index in [9.17, 15) is 28.5 Å². The number of benzene rings is 2. The lowest BCUT2D eigenvalue weighted by molar-refractivity contribution is 0.0126. The Morgan fingerprint density at radius 2 is 1.82 bits per heavy atom. The third-order valence-corrected chi connectivity index (χ3v) is 8.56. The van der Waals surface area contributed by atoms with Gasteiger partial charge in [0.2, 0.25) is 10.0 Å². The van der Waals surface area contributed by atoms with Gasteiger partial charge in [-0.25, -0.2) is 13.2 Å². The van der Waals surface area contributed by atoms with E-state index in [0.29, 0.717) is 18.8 Å². The summed E-state index contributed by atoms with van der Waals surface area (Å²) in [5.41, 5.74) is -0.0121. The molecule has 0 spiro atoms. The zero-order chi connectivity index (χ0) is 27.9. The maximum atomic E-state index is 13.7. The number of hydrogen-bond acceptors (Lipinski definition) is 7. The second-order valence-electron chi connectivity index (χ2n) is 10.3. The van der Waals surface area contributed by atoms with Crippen LogP contribution in [0.25, 0.3) is 0 Å². The highest BCUT2D eigenvalue weighted by atomic mass is 32.2. The first-order valence-electron chi connectivity index (χ1n) is 12.5. The Kier molecular flexibility index (Phi) is 10.1. The van der Waals surface area contributed by atoms with Gasteiger partial charge in [-0.05, 0) is 42.7 Å². The van der Waals surface area contributed by atoms with Gasteiger partial charge < -0.3 is 24.8 Å². The predicted molar refractivity (Wildman–Crippen MR) is 142 cm³/mol. The van der Waals surface area contributed by atoms with Crippen LogP contribution in [0.15, 0.2) is 59.5 Å². The van der Waals surface area contributed by atoms with Crippen molar-refractivity contribution >= 4 is 16.1 Å². The van der Waals surface area contributed by atoms with Gasteiger partial charge >= 0.3 is 6.09 Å². The van der Waals surface area contributed by atoms with Gasteiger partial charge in [0.05, 0.1) is 36.8 Å². The molecule has 2 aromatic rings. The number of rotatable bonds is 13. The quantitative estimate of drug-likeness (QED) is 0.346. The molecule has 11 heteroatoms. The van der Waals surface area contributed by atoms with Crippen molar-refractivity contribution < 1.29 is 38.0 Å². The van der Waals surface area contributed by atoms with Gasteiger partial charge in [0.15, 0.2) is 0 Å². The molecule has 1 amide bonds. The Bertz CT molecular complexity index is 1140. The molecule has 1 saturated heterocycles. The average molecular weight is 551 g/mol. The number of nitrogens with zero attached hydrogens (tertiary/aromatic N) is 2. The highest BCUT2D eigenvalue weighted by Crippen LogP contribution is 2.27. The number of amides is 1. The maximum Gasteiger partial charge on any atom is 0.407 e. The van der Waals surface area contributed by atoms with E-state index < -0.39 is 39.7 Å². The number of methoxy groups -OCH3 is 1. The molecule has 0 saturated carbocycles. The van der Waals surface area contributed by atoms with E-state index in [0.717, 1.165) is 9.87 Å². The van der Waals surface area contributed by atoms with Crippen molar-refractivity contribution in [3.63, 3.8) is 0 Å². The van der Waals surface area contributed by atoms with Crippen LogP contribution < -0.4 is 4.74 Å². The first kappa shape index (κ1) is 29.9. The van der Waals surface area contributed by atoms with Gasteiger partial charge in [-0.15, -0.1) is 0 Å². The Balaban J connectivity index is 1.99. The van der Waals surface area contributed by atoms with Crippen LogP contribution in [-0.4, -0.2) is 97.2 Å². The molecule has 10 nitrogen and oxygen atoms in total. The van der Waals surface area contributed by atoms with Crippen molar-refractivity contribution in [2.75, 3.05) is 40.0 Å². The van der Waals surface area contributed by atoms with Crippen molar-refractivity contribution in [2.24, 2.45) is 5.41 Å². The fraction of sp³-hybridized carbons (Fsp3) is 0.519. The van der Waals surface area contributed by atoms with Crippen molar-refractivity contribution in [1.29, 1.82) is 0 Å². The Labute approximate surface area is 224 Å². The maximum absolute atomic E-state index is 13.7. The van der Waals surface area contributed by atoms with Crippen LogP contribution in [0.2, 0.25) is 0 Å². The molecule has 210 valence electrons. The SMILES string of the molecule is COc1ccc(S(=O)(=O)N(C[C@@H](O)[C@H](Cc2ccccc2)N(C(=O)O)[C@H]2CCOC2)CC(C)(C)CO)cc1. The van der Waals surface area contributed by atoms with Crippen molar-refractivity contribution in [2.45, 2.75) is 49.8 Å². The number of aliphatic hydroxyl groups excluding tert-OH is 2. The summed E-state index contributed by atoms with van der Waals surface area (Å²) in [7, 11) is -2.64. The summed E-state index contributed by atoms with van der Waals surface area (Å²) in [6, 6.07) is 13.7. The van der Waals surface area contributed by atoms with E-state index in [2.05, 4.69) is 0 Å². The monoisotopic (exact) mass is 550 g/mol. The minimum atomic E-state index is -4.12. The summed E-state index contributed by atoms with van der Waals surface area (Å²) in [4.78, 5) is 13.7. The van der Waals surface area contributed by atoms with E-state index in [1.165, 1.54) is 36.3 Å². The lowest BCUT2D eigenvalue weighted by Crippen LogP contribution is -2.56. The highest BCUT2D eigenvalue weighted by molar-refractivity contribution is 7.89. The van der Waals surface area contributed by atoms with Crippen molar-refractivity contribution in [1.82, 2.24) is 9.21 Å². The number of ether oxygens (including phenoxy) is 2. The smallest absolute Gasteiger partial charge is 0.407 e. The van der Waals surface area contributed by atoms with E-state index in [4.69, 9.17) is 9.47 Å². The average Bonchev–Trinajstić information content (AvgIpc) is 3.42. The molecular formula is C27H38N2O8S. The van der Waals surface area contributed by atoms with Crippen molar-refractivity contribution in [3.8, 4) is 5.75 Å². The fourth-order valence-corrected chi connectivity index (χ4v) is 6.23. The van der Waals surface area contributed by atoms with Crippen LogP contribution >= 0.6 is 0 Å². The molecule has 0 aromatic heterocycles. The molecule has 0 aliphatic carbocycles. The number of aliphatic hydroxyl groups is 2. The molecule has 3 rings (SSSR count). The molecule has 38 heavy (non-hydrogen) atoms. The number of hydrogen-bond donors (Lipinski definition) is 3. The highest BCUT2D eigenvalue weighted by Gasteiger charge is 2.40. The molecule has 0 unspecified atom stereocenters. The van der Waals surface area contributed by atoms with Gasteiger partial charge in [-0.3, -0.25) is 4.90 Å². The standard InChI is InChI=1S/C27H38N2O8S/c1-27(2,19-30)18-28(38(34,35)23-11-9-22(36-3)10-12-23)16-25(31)24(15-20-7-5-4-6-8-20)29(26(32)33)21-13-14-37-17-21/h4-12,21,24-25,30-31H,13-19H2,1-3H3,(H,32,33)/t21-,24-,25+/m0/s1. The predicted octanol–water partition coefficient (Wildman–Crippen LogP) is 2.45. The molecular weight excluding hydrogens is 512 g/mol. The minimum absolute atomic E-state index is 0.00173. The van der Waals surface area contributed by atoms with Gasteiger partial charge in [0, 0.05) is 31.7 Å². The largest absolute Gasteiger partial charge is 0.497 e. The summed E-state index contributed by atoms with van der Waals surface area (Å²) in [6.07, 6.45) is -1.91. The van der Waals surface area contributed by atoms with Crippen LogP contribution in [0.5, 0.6) is 5.75 Å². The summed E-state index contributed by atoms with van der Waals surface area (Å²) in [5, 5.41) is 31.6. The van der Waals surface area contributed by atoms with Crippen LogP contribution in [0.4, 0.5) is 4.79 Å². The second-order valence-corrected chi connectivity index (χ2v) is 12.3. The summed E-state index contributed by atoms with van der Waals surface area (Å²) < 4.78 is 39.2. The molecule has 1 aliphatic rings. The molecule has 0 bridgehead atoms. The van der Waals surface area contributed by atoms with Crippen LogP contribution in [-0.2, 0) is 21.2 Å². The van der Waals surface area contributed by atoms with Gasteiger partial charge in [-0.1, -0.05) is 44.2 Å². The molecule has 1 fully saturated rings.